The van der Waals surface area contributed by atoms with Crippen LogP contribution in [0.3, 0.4) is 0 Å². The summed E-state index contributed by atoms with van der Waals surface area (Å²) < 4.78 is 0. The Hall–Kier alpha value is -3.05. The maximum Gasteiger partial charge on any atom is 0.110 e. The molecule has 0 amide bonds. The van der Waals surface area contributed by atoms with Crippen LogP contribution < -0.4 is 16.4 Å². The van der Waals surface area contributed by atoms with Crippen molar-refractivity contribution in [1.29, 1.82) is 5.41 Å². The van der Waals surface area contributed by atoms with E-state index in [2.05, 4.69) is 54.0 Å². The molecule has 0 radical (unpaired) electrons. The number of hydrogen-bond donors (Lipinski definition) is 4. The standard InChI is InChI=1S/C26H33N5/c1-18-17-31(2)26(28)23(25(18)30-22-9-6-14-29-16-22)24(27)21-12-10-20(11-13-21)15-19-7-4-3-5-8-19/h3-5,7-8,10-13,22,27,29-30H,6,9,14-17,28H2,1-2H3. The number of rotatable bonds is 6. The number of nitrogens with two attached hydrogens (primary N) is 1. The van der Waals surface area contributed by atoms with E-state index in [4.69, 9.17) is 11.1 Å². The number of piperidine rings is 1. The molecule has 1 unspecified atom stereocenters. The molecule has 5 heteroatoms. The monoisotopic (exact) mass is 415 g/mol. The number of nitrogens with one attached hydrogen (secondary N) is 3. The number of benzene rings is 2. The van der Waals surface area contributed by atoms with Crippen LogP contribution in [0.4, 0.5) is 0 Å². The molecule has 2 aromatic carbocycles. The van der Waals surface area contributed by atoms with Gasteiger partial charge in [-0.1, -0.05) is 54.6 Å². The van der Waals surface area contributed by atoms with E-state index in [9.17, 15) is 0 Å². The highest BCUT2D eigenvalue weighted by atomic mass is 15.2. The Bertz CT molecular complexity index is 982. The molecule has 2 aromatic rings. The minimum Gasteiger partial charge on any atom is -0.385 e. The van der Waals surface area contributed by atoms with E-state index < -0.39 is 0 Å². The second kappa shape index (κ2) is 9.40. The van der Waals surface area contributed by atoms with Crippen molar-refractivity contribution in [3.63, 3.8) is 0 Å². The van der Waals surface area contributed by atoms with Gasteiger partial charge >= 0.3 is 0 Å². The van der Waals surface area contributed by atoms with Crippen LogP contribution in [0.2, 0.25) is 0 Å². The molecule has 1 atom stereocenters. The molecule has 5 N–H and O–H groups in total. The maximum atomic E-state index is 9.02. The second-order valence-electron chi connectivity index (χ2n) is 8.69. The number of likely N-dealkylation sites (N-methyl/N-ethyl adjacent to an activating group) is 1. The molecule has 2 heterocycles. The van der Waals surface area contributed by atoms with Crippen molar-refractivity contribution in [3.8, 4) is 0 Å². The third kappa shape index (κ3) is 4.83. The molecule has 2 aliphatic heterocycles. The fourth-order valence-electron chi connectivity index (χ4n) is 4.45. The number of hydrogen-bond acceptors (Lipinski definition) is 5. The summed E-state index contributed by atoms with van der Waals surface area (Å²) in [6.45, 7) is 4.94. The van der Waals surface area contributed by atoms with Crippen LogP contribution >= 0.6 is 0 Å². The van der Waals surface area contributed by atoms with Gasteiger partial charge in [-0.2, -0.15) is 0 Å². The van der Waals surface area contributed by atoms with E-state index >= 15 is 0 Å². The van der Waals surface area contributed by atoms with Crippen LogP contribution in [-0.2, 0) is 6.42 Å². The minimum atomic E-state index is 0.367. The molecular weight excluding hydrogens is 382 g/mol. The zero-order valence-corrected chi connectivity index (χ0v) is 18.5. The Morgan fingerprint density at radius 1 is 1.13 bits per heavy atom. The van der Waals surface area contributed by atoms with Gasteiger partial charge in [-0.3, -0.25) is 5.41 Å². The van der Waals surface area contributed by atoms with E-state index in [-0.39, 0.29) is 0 Å². The van der Waals surface area contributed by atoms with Gasteiger partial charge in [0.05, 0.1) is 11.3 Å². The summed E-state index contributed by atoms with van der Waals surface area (Å²) in [7, 11) is 1.99. The van der Waals surface area contributed by atoms with Crippen molar-refractivity contribution in [2.75, 3.05) is 26.7 Å². The Kier molecular flexibility index (Phi) is 6.42. The summed E-state index contributed by atoms with van der Waals surface area (Å²) >= 11 is 0. The van der Waals surface area contributed by atoms with E-state index in [1.54, 1.807) is 0 Å². The predicted molar refractivity (Wildman–Crippen MR) is 128 cm³/mol. The largest absolute Gasteiger partial charge is 0.385 e. The summed E-state index contributed by atoms with van der Waals surface area (Å²) in [4.78, 5) is 2.03. The molecule has 0 saturated carbocycles. The van der Waals surface area contributed by atoms with Crippen molar-refractivity contribution in [2.45, 2.75) is 32.2 Å². The molecular formula is C26H33N5. The van der Waals surface area contributed by atoms with Crippen molar-refractivity contribution in [2.24, 2.45) is 5.73 Å². The molecule has 1 saturated heterocycles. The lowest BCUT2D eigenvalue weighted by Crippen LogP contribution is -2.46. The SMILES string of the molecule is CC1=C(NC2CCCNC2)C(C(=N)c2ccc(Cc3ccccc3)cc2)=C(N)N(C)C1. The normalized spacial score (nSPS) is 19.5. The molecule has 31 heavy (non-hydrogen) atoms. The first kappa shape index (κ1) is 21.2. The van der Waals surface area contributed by atoms with Gasteiger partial charge in [0.1, 0.15) is 5.82 Å². The fraction of sp³-hybridized carbons (Fsp3) is 0.346. The van der Waals surface area contributed by atoms with Gasteiger partial charge in [-0.25, -0.2) is 0 Å². The fourth-order valence-corrected chi connectivity index (χ4v) is 4.45. The Morgan fingerprint density at radius 3 is 2.52 bits per heavy atom. The van der Waals surface area contributed by atoms with Gasteiger partial charge in [0.25, 0.3) is 0 Å². The first-order valence-electron chi connectivity index (χ1n) is 11.1. The lowest BCUT2D eigenvalue weighted by atomic mass is 9.92. The highest BCUT2D eigenvalue weighted by Gasteiger charge is 2.27. The number of allylic oxidation sites excluding steroid dienone is 1. The van der Waals surface area contributed by atoms with Gasteiger partial charge in [0.15, 0.2) is 0 Å². The third-order valence-electron chi connectivity index (χ3n) is 6.21. The smallest absolute Gasteiger partial charge is 0.110 e. The van der Waals surface area contributed by atoms with E-state index in [0.717, 1.165) is 49.3 Å². The average Bonchev–Trinajstić information content (AvgIpc) is 2.79. The Morgan fingerprint density at radius 2 is 1.84 bits per heavy atom. The molecule has 4 rings (SSSR count). The van der Waals surface area contributed by atoms with Crippen LogP contribution in [-0.4, -0.2) is 43.3 Å². The van der Waals surface area contributed by atoms with Gasteiger partial charge in [0, 0.05) is 37.4 Å². The van der Waals surface area contributed by atoms with Gasteiger partial charge < -0.3 is 21.3 Å². The summed E-state index contributed by atoms with van der Waals surface area (Å²) in [5.41, 5.74) is 13.5. The van der Waals surface area contributed by atoms with E-state index in [1.807, 2.05) is 30.1 Å². The topological polar surface area (TPSA) is 77.2 Å². The molecule has 0 aromatic heterocycles. The van der Waals surface area contributed by atoms with E-state index in [1.165, 1.54) is 23.1 Å². The predicted octanol–water partition coefficient (Wildman–Crippen LogP) is 3.38. The molecule has 0 bridgehead atoms. The maximum absolute atomic E-state index is 9.02. The summed E-state index contributed by atoms with van der Waals surface area (Å²) in [5, 5.41) is 16.2. The third-order valence-corrected chi connectivity index (χ3v) is 6.21. The quantitative estimate of drug-likeness (QED) is 0.546. The molecule has 0 spiro atoms. The number of nitrogens with zero attached hydrogens (tertiary/aromatic N) is 1. The zero-order chi connectivity index (χ0) is 21.8. The molecule has 0 aliphatic carbocycles. The van der Waals surface area contributed by atoms with Gasteiger partial charge in [0.2, 0.25) is 0 Å². The lowest BCUT2D eigenvalue weighted by Gasteiger charge is -2.35. The van der Waals surface area contributed by atoms with Crippen LogP contribution in [0.25, 0.3) is 0 Å². The highest BCUT2D eigenvalue weighted by Crippen LogP contribution is 2.27. The summed E-state index contributed by atoms with van der Waals surface area (Å²) in [6.07, 6.45) is 3.19. The Balaban J connectivity index is 1.57. The Labute approximate surface area is 185 Å². The molecule has 1 fully saturated rings. The molecule has 162 valence electrons. The van der Waals surface area contributed by atoms with E-state index in [0.29, 0.717) is 17.6 Å². The van der Waals surface area contributed by atoms with Crippen molar-refractivity contribution in [1.82, 2.24) is 15.5 Å². The van der Waals surface area contributed by atoms with Crippen LogP contribution in [0.15, 0.2) is 77.3 Å². The van der Waals surface area contributed by atoms with Crippen LogP contribution in [0.1, 0.15) is 36.5 Å². The second-order valence-corrected chi connectivity index (χ2v) is 8.69. The average molecular weight is 416 g/mol. The first-order valence-corrected chi connectivity index (χ1v) is 11.1. The lowest BCUT2D eigenvalue weighted by molar-refractivity contribution is 0.398. The highest BCUT2D eigenvalue weighted by molar-refractivity contribution is 6.13. The van der Waals surface area contributed by atoms with Crippen LogP contribution in [0, 0.1) is 5.41 Å². The van der Waals surface area contributed by atoms with Crippen molar-refractivity contribution in [3.05, 3.63) is 94.0 Å². The minimum absolute atomic E-state index is 0.367. The molecule has 2 aliphatic rings. The molecule has 5 nitrogen and oxygen atoms in total. The summed E-state index contributed by atoms with van der Waals surface area (Å²) in [5.74, 6) is 0.662. The first-order chi connectivity index (χ1) is 15.0. The van der Waals surface area contributed by atoms with Gasteiger partial charge in [-0.05, 0) is 49.4 Å². The van der Waals surface area contributed by atoms with Crippen LogP contribution in [0.5, 0.6) is 0 Å². The zero-order valence-electron chi connectivity index (χ0n) is 18.5. The summed E-state index contributed by atoms with van der Waals surface area (Å²) in [6, 6.07) is 19.2. The van der Waals surface area contributed by atoms with Crippen molar-refractivity contribution < 1.29 is 0 Å². The van der Waals surface area contributed by atoms with Gasteiger partial charge in [-0.15, -0.1) is 0 Å². The van der Waals surface area contributed by atoms with Crippen molar-refractivity contribution >= 4 is 5.71 Å².